The minimum Gasteiger partial charge on any atom is -0.454 e. The van der Waals surface area contributed by atoms with Gasteiger partial charge in [-0.15, -0.1) is 0 Å². The van der Waals surface area contributed by atoms with Crippen LogP contribution >= 0.6 is 0 Å². The number of fused-ring (bicyclic) bond motifs is 3. The first-order valence-corrected chi connectivity index (χ1v) is 7.94. The molecule has 1 saturated carbocycles. The Kier molecular flexibility index (Phi) is 2.82. The Bertz CT molecular complexity index is 702. The number of hydrogen-bond donors (Lipinski definition) is 2. The second-order valence-electron chi connectivity index (χ2n) is 6.64. The number of benzene rings is 1. The zero-order valence-corrected chi connectivity index (χ0v) is 12.8. The third-order valence-corrected chi connectivity index (χ3v) is 5.63. The summed E-state index contributed by atoms with van der Waals surface area (Å²) in [5, 5.41) is 21.4. The van der Waals surface area contributed by atoms with E-state index in [-0.39, 0.29) is 18.8 Å². The summed E-state index contributed by atoms with van der Waals surface area (Å²) in [4.78, 5) is 2.29. The Hall–Kier alpha value is -1.60. The fourth-order valence-electron chi connectivity index (χ4n) is 4.62. The Balaban J connectivity index is 1.66. The first-order valence-electron chi connectivity index (χ1n) is 7.94. The van der Waals surface area contributed by atoms with E-state index < -0.39 is 18.3 Å². The van der Waals surface area contributed by atoms with Crippen molar-refractivity contribution in [3.63, 3.8) is 0 Å². The molecule has 4 aliphatic rings. The number of nitrogens with zero attached hydrogens (tertiary/aromatic N) is 1. The molecule has 3 heterocycles. The monoisotopic (exact) mass is 317 g/mol. The van der Waals surface area contributed by atoms with Crippen LogP contribution in [0.1, 0.15) is 17.0 Å². The molecule has 6 heteroatoms. The van der Waals surface area contributed by atoms with Gasteiger partial charge in [-0.3, -0.25) is 4.90 Å². The zero-order valence-electron chi connectivity index (χ0n) is 12.8. The Labute approximate surface area is 133 Å². The van der Waals surface area contributed by atoms with Crippen LogP contribution in [0.4, 0.5) is 0 Å². The van der Waals surface area contributed by atoms with Crippen molar-refractivity contribution in [2.24, 2.45) is 0 Å². The zero-order chi connectivity index (χ0) is 15.7. The fraction of sp³-hybridized carbons (Fsp3) is 0.529. The van der Waals surface area contributed by atoms with Gasteiger partial charge in [-0.25, -0.2) is 0 Å². The van der Waals surface area contributed by atoms with Crippen LogP contribution in [0.5, 0.6) is 11.5 Å². The van der Waals surface area contributed by atoms with Crippen LogP contribution in [-0.4, -0.2) is 59.9 Å². The van der Waals surface area contributed by atoms with Crippen molar-refractivity contribution in [2.75, 3.05) is 20.4 Å². The van der Waals surface area contributed by atoms with Crippen molar-refractivity contribution >= 4 is 0 Å². The van der Waals surface area contributed by atoms with Crippen molar-refractivity contribution < 1.29 is 24.4 Å². The first-order chi connectivity index (χ1) is 11.2. The van der Waals surface area contributed by atoms with Gasteiger partial charge >= 0.3 is 0 Å². The molecule has 1 aromatic carbocycles. The molecule has 6 nitrogen and oxygen atoms in total. The summed E-state index contributed by atoms with van der Waals surface area (Å²) in [5.74, 6) is 1.37. The van der Waals surface area contributed by atoms with Gasteiger partial charge in [-0.2, -0.15) is 0 Å². The number of methoxy groups -OCH3 is 1. The lowest BCUT2D eigenvalue weighted by molar-refractivity contribution is -0.108. The molecule has 0 radical (unpaired) electrons. The molecule has 1 aromatic rings. The topological polar surface area (TPSA) is 71.4 Å². The highest BCUT2D eigenvalue weighted by Gasteiger charge is 2.53. The minimum absolute atomic E-state index is 0.0271. The van der Waals surface area contributed by atoms with Gasteiger partial charge in [0.25, 0.3) is 0 Å². The van der Waals surface area contributed by atoms with Crippen LogP contribution in [0.2, 0.25) is 0 Å². The molecule has 0 amide bonds. The smallest absolute Gasteiger partial charge is 0.231 e. The number of aliphatic hydroxyl groups excluding tert-OH is 2. The second kappa shape index (κ2) is 4.70. The average Bonchev–Trinajstić information content (AvgIpc) is 3.16. The summed E-state index contributed by atoms with van der Waals surface area (Å²) in [6.07, 6.45) is -0.0555. The summed E-state index contributed by atoms with van der Waals surface area (Å²) in [6.45, 7) is 1.80. The third kappa shape index (κ3) is 1.72. The lowest BCUT2D eigenvalue weighted by atomic mass is 9.70. The number of aliphatic hydroxyl groups is 2. The highest BCUT2D eigenvalue weighted by Crippen LogP contribution is 2.50. The van der Waals surface area contributed by atoms with Gasteiger partial charge in [-0.05, 0) is 28.8 Å². The van der Waals surface area contributed by atoms with Gasteiger partial charge in [0, 0.05) is 32.2 Å². The molecule has 5 rings (SSSR count). The Morgan fingerprint density at radius 2 is 2.00 bits per heavy atom. The van der Waals surface area contributed by atoms with Gasteiger partial charge < -0.3 is 24.4 Å². The van der Waals surface area contributed by atoms with E-state index in [0.717, 1.165) is 41.3 Å². The van der Waals surface area contributed by atoms with Crippen LogP contribution in [0.25, 0.3) is 0 Å². The summed E-state index contributed by atoms with van der Waals surface area (Å²) in [5.41, 5.74) is 3.19. The average molecular weight is 317 g/mol. The summed E-state index contributed by atoms with van der Waals surface area (Å²) in [7, 11) is 1.54. The highest BCUT2D eigenvalue weighted by atomic mass is 16.7. The maximum atomic E-state index is 10.9. The van der Waals surface area contributed by atoms with Gasteiger partial charge in [0.1, 0.15) is 12.2 Å². The molecule has 5 unspecified atom stereocenters. The van der Waals surface area contributed by atoms with Gasteiger partial charge in [0.05, 0.1) is 6.10 Å². The predicted octanol–water partition coefficient (Wildman–Crippen LogP) is 0.374. The number of hydrogen-bond acceptors (Lipinski definition) is 6. The van der Waals surface area contributed by atoms with Crippen molar-refractivity contribution in [3.05, 3.63) is 34.9 Å². The van der Waals surface area contributed by atoms with E-state index in [9.17, 15) is 10.2 Å². The molecule has 2 N–H and O–H groups in total. The van der Waals surface area contributed by atoms with Crippen molar-refractivity contribution in [1.29, 1.82) is 0 Å². The molecular weight excluding hydrogens is 298 g/mol. The molecule has 0 bridgehead atoms. The van der Waals surface area contributed by atoms with E-state index in [0.29, 0.717) is 0 Å². The summed E-state index contributed by atoms with van der Waals surface area (Å²) >= 11 is 0. The first kappa shape index (κ1) is 13.8. The molecule has 5 atom stereocenters. The molecule has 0 aromatic heterocycles. The Morgan fingerprint density at radius 3 is 2.78 bits per heavy atom. The van der Waals surface area contributed by atoms with Crippen molar-refractivity contribution in [2.45, 2.75) is 36.8 Å². The number of ether oxygens (including phenoxy) is 3. The molecule has 1 fully saturated rings. The lowest BCUT2D eigenvalue weighted by Crippen LogP contribution is -2.58. The quantitative estimate of drug-likeness (QED) is 0.730. The van der Waals surface area contributed by atoms with E-state index >= 15 is 0 Å². The highest BCUT2D eigenvalue weighted by molar-refractivity contribution is 5.53. The summed E-state index contributed by atoms with van der Waals surface area (Å²) in [6, 6.07) is 4.04. The molecule has 122 valence electrons. The van der Waals surface area contributed by atoms with E-state index in [1.54, 1.807) is 0 Å². The van der Waals surface area contributed by atoms with Crippen molar-refractivity contribution in [1.82, 2.24) is 4.90 Å². The third-order valence-electron chi connectivity index (χ3n) is 5.63. The van der Waals surface area contributed by atoms with E-state index in [4.69, 9.17) is 14.2 Å². The predicted molar refractivity (Wildman–Crippen MR) is 80.4 cm³/mol. The van der Waals surface area contributed by atoms with Gasteiger partial charge in [0.2, 0.25) is 6.79 Å². The van der Waals surface area contributed by atoms with Crippen LogP contribution in [-0.2, 0) is 11.3 Å². The van der Waals surface area contributed by atoms with E-state index in [1.807, 2.05) is 12.1 Å². The molecule has 0 spiro atoms. The summed E-state index contributed by atoms with van der Waals surface area (Å²) < 4.78 is 16.4. The molecule has 0 saturated heterocycles. The minimum atomic E-state index is -0.767. The molecule has 1 aliphatic carbocycles. The lowest BCUT2D eigenvalue weighted by Gasteiger charge is -2.49. The van der Waals surface area contributed by atoms with Crippen LogP contribution in [0.15, 0.2) is 23.8 Å². The normalized spacial score (nSPS) is 37.3. The standard InChI is InChI=1S/C17H19NO5/c1-21-17-15(19)9-2-3-18-6-8-4-11-12(23-7-22-11)5-10(8)13(14(9)18)16(17)20/h2,4-5,13-17,19-20H,3,6-7H2,1H3. The van der Waals surface area contributed by atoms with E-state index in [2.05, 4.69) is 11.0 Å². The van der Waals surface area contributed by atoms with Crippen LogP contribution < -0.4 is 9.47 Å². The second-order valence-corrected chi connectivity index (χ2v) is 6.64. The van der Waals surface area contributed by atoms with Gasteiger partial charge in [0.15, 0.2) is 11.5 Å². The molecule has 3 aliphatic heterocycles. The maximum Gasteiger partial charge on any atom is 0.231 e. The van der Waals surface area contributed by atoms with Crippen LogP contribution in [0.3, 0.4) is 0 Å². The SMILES string of the molecule is COC1C(O)C2=CCN3Cc4cc5c(cc4C(C1O)C23)OCO5. The molecule has 23 heavy (non-hydrogen) atoms. The Morgan fingerprint density at radius 1 is 1.22 bits per heavy atom. The van der Waals surface area contributed by atoms with Gasteiger partial charge in [-0.1, -0.05) is 6.08 Å². The largest absolute Gasteiger partial charge is 0.454 e. The fourth-order valence-corrected chi connectivity index (χ4v) is 4.62. The molecular formula is C17H19NO5. The van der Waals surface area contributed by atoms with Crippen LogP contribution in [0, 0.1) is 0 Å². The maximum absolute atomic E-state index is 10.9. The number of rotatable bonds is 1. The van der Waals surface area contributed by atoms with E-state index in [1.165, 1.54) is 7.11 Å². The van der Waals surface area contributed by atoms with Crippen molar-refractivity contribution in [3.8, 4) is 11.5 Å².